The summed E-state index contributed by atoms with van der Waals surface area (Å²) in [6.07, 6.45) is 39.4. The highest BCUT2D eigenvalue weighted by Gasteiger charge is 1.97. The van der Waals surface area contributed by atoms with Crippen molar-refractivity contribution in [1.82, 2.24) is 26.6 Å². The van der Waals surface area contributed by atoms with E-state index in [9.17, 15) is 0 Å². The van der Waals surface area contributed by atoms with Gasteiger partial charge in [-0.05, 0) is 98.1 Å². The van der Waals surface area contributed by atoms with E-state index in [1.165, 1.54) is 206 Å². The Bertz CT molecular complexity index is 756. The van der Waals surface area contributed by atoms with Gasteiger partial charge in [-0.15, -0.1) is 0 Å². The molecule has 0 aromatic carbocycles. The highest BCUT2D eigenvalue weighted by Crippen LogP contribution is 2.15. The third kappa shape index (κ3) is 187. The first kappa shape index (κ1) is 114. The second-order valence-corrected chi connectivity index (χ2v) is 24.7. The van der Waals surface area contributed by atoms with Crippen molar-refractivity contribution >= 4 is 11.3 Å². The van der Waals surface area contributed by atoms with Crippen LogP contribution in [0.15, 0.2) is 22.9 Å². The first-order valence-electron chi connectivity index (χ1n) is 39.2. The van der Waals surface area contributed by atoms with Crippen molar-refractivity contribution in [2.45, 2.75) is 387 Å². The smallest absolute Gasteiger partial charge is 0.0591 e. The topological polar surface area (TPSA) is 69.4 Å². The van der Waals surface area contributed by atoms with E-state index in [0.29, 0.717) is 0 Å². The van der Waals surface area contributed by atoms with E-state index in [4.69, 9.17) is 4.74 Å². The van der Waals surface area contributed by atoms with Crippen molar-refractivity contribution in [3.8, 4) is 0 Å². The van der Waals surface area contributed by atoms with E-state index in [1.54, 1.807) is 11.3 Å². The van der Waals surface area contributed by atoms with E-state index in [1.807, 2.05) is 106 Å². The SMILES string of the molecule is C1CCCC1.C1CCNC1.C1CCNCC1.C1CNCCN1.C1COCCN1.CC.CC.CC.CC.CC.CC.CCCCC(C)C.CCCCC(C)C.CCCCC(C)C.CCCCC(C)C.CCCCC(C)C.CCCCC(C)C.c1ccsc1. The minimum Gasteiger partial charge on any atom is -0.379 e. The molecule has 0 bridgehead atoms. The zero-order valence-corrected chi connectivity index (χ0v) is 68.2. The molecule has 1 aliphatic carbocycles. The van der Waals surface area contributed by atoms with Crippen molar-refractivity contribution in [3.63, 3.8) is 0 Å². The molecule has 1 aromatic heterocycles. The largest absolute Gasteiger partial charge is 0.379 e. The lowest BCUT2D eigenvalue weighted by Gasteiger charge is -2.11. The van der Waals surface area contributed by atoms with Crippen LogP contribution in [0.5, 0.6) is 0 Å². The molecule has 4 aliphatic heterocycles. The van der Waals surface area contributed by atoms with E-state index < -0.39 is 0 Å². The average Bonchev–Trinajstić information content (AvgIpc) is 4.46. The highest BCUT2D eigenvalue weighted by atomic mass is 32.1. The molecule has 4 saturated heterocycles. The van der Waals surface area contributed by atoms with Crippen molar-refractivity contribution in [2.75, 3.05) is 78.7 Å². The van der Waals surface area contributed by atoms with E-state index in [-0.39, 0.29) is 0 Å². The maximum Gasteiger partial charge on any atom is 0.0591 e. The van der Waals surface area contributed by atoms with Crippen LogP contribution in [0.4, 0.5) is 0 Å². The molecule has 6 nitrogen and oxygen atoms in total. The lowest BCUT2D eigenvalue weighted by Crippen LogP contribution is -2.39. The number of hydrogen-bond donors (Lipinski definition) is 5. The van der Waals surface area contributed by atoms with Gasteiger partial charge < -0.3 is 31.3 Å². The molecule has 0 unspecified atom stereocenters. The fraction of sp³-hybridized carbons (Fsp3) is 0.950. The van der Waals surface area contributed by atoms with E-state index >= 15 is 0 Å². The standard InChI is InChI=1S/6C7H16.C5H11N.C5H10.C4H10N2.C4H9NO.C4H9N.C4H4S.6C2H6/c6*1-4-5-6-7(2)3;1-2-4-6-5-3-1;1-2-4-5-3-1;1-2-6-4-3-5-1;1-3-6-4-2-5-1;2*1-2-4-5-3-1;6*1-2/h6*7H,4-6H2,1-3H3;6H,1-5H2;1-5H2;5-6H,1-4H2;5H,1-4H2;5H,1-4H2;1-4H;6*1-2H3. The number of nitrogens with one attached hydrogen (secondary N) is 5. The summed E-state index contributed by atoms with van der Waals surface area (Å²) in [5.74, 6) is 5.42. The van der Waals surface area contributed by atoms with Gasteiger partial charge in [-0.2, -0.15) is 11.3 Å². The van der Waals surface area contributed by atoms with Crippen molar-refractivity contribution in [3.05, 3.63) is 22.9 Å². The molecule has 6 rings (SSSR count). The Morgan fingerprint density at radius 2 is 0.437 bits per heavy atom. The number of hydrogen-bond acceptors (Lipinski definition) is 7. The molecule has 1 saturated carbocycles. The third-order valence-corrected chi connectivity index (χ3v) is 13.1. The molecule has 5 fully saturated rings. The second-order valence-electron chi connectivity index (χ2n) is 23.9. The molecule has 0 amide bonds. The lowest BCUT2D eigenvalue weighted by molar-refractivity contribution is 0.109. The van der Waals surface area contributed by atoms with Crippen LogP contribution in [0, 0.1) is 35.5 Å². The molecular formula is C80H185N5OS. The second kappa shape index (κ2) is 130. The maximum absolute atomic E-state index is 5.01. The number of piperidine rings is 1. The van der Waals surface area contributed by atoms with Gasteiger partial charge in [0.25, 0.3) is 0 Å². The maximum atomic E-state index is 5.01. The molecule has 5 aliphatic rings. The Morgan fingerprint density at radius 3 is 0.517 bits per heavy atom. The number of ether oxygens (including phenoxy) is 1. The van der Waals surface area contributed by atoms with Crippen LogP contribution in [0.2, 0.25) is 0 Å². The summed E-state index contributed by atoms with van der Waals surface area (Å²) < 4.78 is 5.01. The average molecular weight is 1270 g/mol. The molecule has 0 radical (unpaired) electrons. The molecule has 0 atom stereocenters. The monoisotopic (exact) mass is 1260 g/mol. The van der Waals surface area contributed by atoms with Gasteiger partial charge in [-0.25, -0.2) is 0 Å². The Labute approximate surface area is 564 Å². The molecular weight excluding hydrogens is 1080 g/mol. The summed E-state index contributed by atoms with van der Waals surface area (Å²) in [7, 11) is 0. The van der Waals surface area contributed by atoms with Crippen LogP contribution in [0.25, 0.3) is 0 Å². The van der Waals surface area contributed by atoms with Gasteiger partial charge in [0.1, 0.15) is 0 Å². The van der Waals surface area contributed by atoms with Crippen LogP contribution in [0.1, 0.15) is 387 Å². The lowest BCUT2D eigenvalue weighted by atomic mass is 10.1. The minimum atomic E-state index is 0.889. The Balaban J connectivity index is -0.0000000694. The quantitative estimate of drug-likeness (QED) is 0.101. The summed E-state index contributed by atoms with van der Waals surface area (Å²) in [6, 6.07) is 4.04. The molecule has 1 aromatic rings. The number of unbranched alkanes of at least 4 members (excludes halogenated alkanes) is 6. The molecule has 87 heavy (non-hydrogen) atoms. The first-order chi connectivity index (χ1) is 42.1. The fourth-order valence-electron chi connectivity index (χ4n) is 7.33. The van der Waals surface area contributed by atoms with Gasteiger partial charge >= 0.3 is 0 Å². The summed E-state index contributed by atoms with van der Waals surface area (Å²) in [5, 5.41) is 20.2. The van der Waals surface area contributed by atoms with E-state index in [2.05, 4.69) is 151 Å². The number of morpholine rings is 1. The Hall–Kier alpha value is -0.540. The normalized spacial score (nSPS) is 13.6. The zero-order valence-electron chi connectivity index (χ0n) is 67.4. The number of thiophene rings is 1. The van der Waals surface area contributed by atoms with Crippen LogP contribution >= 0.6 is 11.3 Å². The van der Waals surface area contributed by atoms with Gasteiger partial charge in [0.05, 0.1) is 13.2 Å². The molecule has 0 spiro atoms. The predicted molar refractivity (Wildman–Crippen MR) is 420 cm³/mol. The van der Waals surface area contributed by atoms with Crippen molar-refractivity contribution in [1.29, 1.82) is 0 Å². The zero-order chi connectivity index (χ0) is 69.5. The summed E-state index contributed by atoms with van der Waals surface area (Å²) in [4.78, 5) is 0. The summed E-state index contributed by atoms with van der Waals surface area (Å²) in [6.45, 7) is 78.1. The first-order valence-corrected chi connectivity index (χ1v) is 40.1. The molecule has 542 valence electrons. The fourth-order valence-corrected chi connectivity index (χ4v) is 7.78. The number of rotatable bonds is 18. The summed E-state index contributed by atoms with van der Waals surface area (Å²) in [5.41, 5.74) is 0. The van der Waals surface area contributed by atoms with Gasteiger partial charge in [0.15, 0.2) is 0 Å². The molecule has 5 heterocycles. The van der Waals surface area contributed by atoms with E-state index in [0.717, 1.165) is 88.0 Å². The summed E-state index contributed by atoms with van der Waals surface area (Å²) >= 11 is 1.71. The Kier molecular flexibility index (Phi) is 170. The van der Waals surface area contributed by atoms with Crippen LogP contribution in [-0.4, -0.2) is 78.7 Å². The van der Waals surface area contributed by atoms with Crippen LogP contribution in [-0.2, 0) is 4.74 Å². The highest BCUT2D eigenvalue weighted by molar-refractivity contribution is 7.07. The van der Waals surface area contributed by atoms with Crippen LogP contribution in [0.3, 0.4) is 0 Å². The van der Waals surface area contributed by atoms with Crippen molar-refractivity contribution < 1.29 is 4.74 Å². The van der Waals surface area contributed by atoms with Gasteiger partial charge in [-0.1, -0.05) is 374 Å². The predicted octanol–water partition coefficient (Wildman–Crippen LogP) is 26.8. The third-order valence-electron chi connectivity index (χ3n) is 12.5. The minimum absolute atomic E-state index is 0.889. The Morgan fingerprint density at radius 1 is 0.264 bits per heavy atom. The number of piperazine rings is 1. The van der Waals surface area contributed by atoms with Gasteiger partial charge in [0, 0.05) is 39.3 Å². The van der Waals surface area contributed by atoms with Gasteiger partial charge in [-0.3, -0.25) is 0 Å². The molecule has 7 heteroatoms. The van der Waals surface area contributed by atoms with Crippen LogP contribution < -0.4 is 26.6 Å². The van der Waals surface area contributed by atoms with Gasteiger partial charge in [0.2, 0.25) is 0 Å². The molecule has 5 N–H and O–H groups in total. The van der Waals surface area contributed by atoms with Crippen molar-refractivity contribution in [2.24, 2.45) is 35.5 Å².